The van der Waals surface area contributed by atoms with E-state index >= 15 is 0 Å². The maximum Gasteiger partial charge on any atom is 0.420 e. The third-order valence-electron chi connectivity index (χ3n) is 2.43. The molecule has 5 nitrogen and oxygen atoms in total. The molecular weight excluding hydrogens is 318 g/mol. The smallest absolute Gasteiger partial charge is 0.420 e. The minimum Gasteiger partial charge on any atom is -0.478 e. The van der Waals surface area contributed by atoms with Gasteiger partial charge in [-0.05, 0) is 11.6 Å². The quantitative estimate of drug-likeness (QED) is 0.778. The maximum absolute atomic E-state index is 12.6. The first-order valence-corrected chi connectivity index (χ1v) is 7.17. The molecule has 0 saturated heterocycles. The van der Waals surface area contributed by atoms with E-state index in [1.54, 1.807) is 0 Å². The molecule has 0 aromatic heterocycles. The van der Waals surface area contributed by atoms with Crippen molar-refractivity contribution in [1.82, 2.24) is 4.72 Å². The summed E-state index contributed by atoms with van der Waals surface area (Å²) < 4.78 is 73.0. The summed E-state index contributed by atoms with van der Waals surface area (Å²) in [5, 5.41) is 8.86. The number of nitrogens with one attached hydrogen (secondary N) is 1. The van der Waals surface area contributed by atoms with E-state index in [4.69, 9.17) is 5.11 Å². The standard InChI is InChI=1S/C11H11F4NO4S/c12-9(11(13,14)15)5-16-21(19,20)6-7-3-1-2-4-8(7)10(17)18/h1-4,9,16H,5-6H2,(H,17,18). The summed E-state index contributed by atoms with van der Waals surface area (Å²) in [6.07, 6.45) is -8.50. The number of hydrogen-bond donors (Lipinski definition) is 2. The molecule has 0 spiro atoms. The largest absolute Gasteiger partial charge is 0.478 e. The molecule has 0 aliphatic heterocycles. The summed E-state index contributed by atoms with van der Waals surface area (Å²) in [5.41, 5.74) is -0.407. The lowest BCUT2D eigenvalue weighted by Crippen LogP contribution is -2.38. The molecule has 1 aromatic rings. The highest BCUT2D eigenvalue weighted by molar-refractivity contribution is 7.88. The molecule has 1 unspecified atom stereocenters. The van der Waals surface area contributed by atoms with Gasteiger partial charge in [0.25, 0.3) is 0 Å². The van der Waals surface area contributed by atoms with Crippen molar-refractivity contribution in [2.45, 2.75) is 18.1 Å². The van der Waals surface area contributed by atoms with Crippen molar-refractivity contribution in [3.8, 4) is 0 Å². The Morgan fingerprint density at radius 1 is 1.29 bits per heavy atom. The van der Waals surface area contributed by atoms with Crippen LogP contribution in [0.15, 0.2) is 24.3 Å². The number of carboxylic acids is 1. The molecule has 21 heavy (non-hydrogen) atoms. The van der Waals surface area contributed by atoms with E-state index in [1.165, 1.54) is 22.9 Å². The predicted octanol–water partition coefficient (Wildman–Crippen LogP) is 1.70. The van der Waals surface area contributed by atoms with Crippen LogP contribution in [0.4, 0.5) is 17.6 Å². The van der Waals surface area contributed by atoms with Crippen molar-refractivity contribution >= 4 is 16.0 Å². The molecule has 0 radical (unpaired) electrons. The van der Waals surface area contributed by atoms with Gasteiger partial charge in [-0.25, -0.2) is 22.3 Å². The fourth-order valence-electron chi connectivity index (χ4n) is 1.43. The molecule has 0 bridgehead atoms. The van der Waals surface area contributed by atoms with Crippen molar-refractivity contribution in [3.05, 3.63) is 35.4 Å². The van der Waals surface area contributed by atoms with Crippen molar-refractivity contribution in [2.24, 2.45) is 0 Å². The summed E-state index contributed by atoms with van der Waals surface area (Å²) in [6.45, 7) is -1.46. The Morgan fingerprint density at radius 3 is 2.38 bits per heavy atom. The molecule has 0 amide bonds. The van der Waals surface area contributed by atoms with Crippen LogP contribution in [-0.4, -0.2) is 38.4 Å². The molecule has 1 atom stereocenters. The molecule has 0 heterocycles. The number of halogens is 4. The topological polar surface area (TPSA) is 83.5 Å². The van der Waals surface area contributed by atoms with Gasteiger partial charge < -0.3 is 5.11 Å². The summed E-state index contributed by atoms with van der Waals surface area (Å²) in [5.74, 6) is -2.24. The van der Waals surface area contributed by atoms with Crippen LogP contribution < -0.4 is 4.72 Å². The maximum atomic E-state index is 12.6. The number of carboxylic acid groups (broad SMARTS) is 1. The first kappa shape index (κ1) is 17.4. The van der Waals surface area contributed by atoms with Gasteiger partial charge >= 0.3 is 12.1 Å². The normalized spacial score (nSPS) is 13.9. The Morgan fingerprint density at radius 2 is 1.86 bits per heavy atom. The van der Waals surface area contributed by atoms with Gasteiger partial charge in [0.1, 0.15) is 0 Å². The molecule has 2 N–H and O–H groups in total. The average molecular weight is 329 g/mol. The van der Waals surface area contributed by atoms with Gasteiger partial charge in [0, 0.05) is 0 Å². The van der Waals surface area contributed by atoms with E-state index in [2.05, 4.69) is 0 Å². The van der Waals surface area contributed by atoms with Crippen LogP contribution in [0.3, 0.4) is 0 Å². The zero-order chi connectivity index (χ0) is 16.3. The van der Waals surface area contributed by atoms with Gasteiger partial charge in [-0.15, -0.1) is 0 Å². The predicted molar refractivity (Wildman–Crippen MR) is 65.0 cm³/mol. The number of aromatic carboxylic acids is 1. The lowest BCUT2D eigenvalue weighted by Gasteiger charge is -2.13. The van der Waals surface area contributed by atoms with Crippen LogP contribution in [-0.2, 0) is 15.8 Å². The van der Waals surface area contributed by atoms with E-state index in [0.717, 1.165) is 6.07 Å². The van der Waals surface area contributed by atoms with E-state index < -0.39 is 40.6 Å². The molecule has 0 aliphatic carbocycles. The molecule has 0 aliphatic rings. The highest BCUT2D eigenvalue weighted by atomic mass is 32.2. The van der Waals surface area contributed by atoms with E-state index in [1.807, 2.05) is 0 Å². The number of rotatable bonds is 6. The van der Waals surface area contributed by atoms with E-state index in [-0.39, 0.29) is 11.1 Å². The first-order chi connectivity index (χ1) is 9.53. The second-order valence-electron chi connectivity index (χ2n) is 4.08. The number of sulfonamides is 1. The van der Waals surface area contributed by atoms with Crippen LogP contribution in [0.1, 0.15) is 15.9 Å². The Bertz CT molecular complexity index is 615. The summed E-state index contributed by atoms with van der Waals surface area (Å²) in [6, 6.07) is 5.11. The average Bonchev–Trinajstić information content (AvgIpc) is 2.34. The Hall–Kier alpha value is -1.68. The minimum atomic E-state index is -5.17. The zero-order valence-electron chi connectivity index (χ0n) is 10.4. The Labute approximate surface area is 117 Å². The molecule has 1 rings (SSSR count). The van der Waals surface area contributed by atoms with Crippen LogP contribution in [0, 0.1) is 0 Å². The number of carbonyl (C=O) groups is 1. The summed E-state index contributed by atoms with van der Waals surface area (Å²) >= 11 is 0. The van der Waals surface area contributed by atoms with Gasteiger partial charge in [0.2, 0.25) is 16.2 Å². The third kappa shape index (κ3) is 5.31. The molecule has 1 aromatic carbocycles. The number of alkyl halides is 4. The lowest BCUT2D eigenvalue weighted by molar-refractivity contribution is -0.177. The van der Waals surface area contributed by atoms with Gasteiger partial charge in [0.05, 0.1) is 17.9 Å². The third-order valence-corrected chi connectivity index (χ3v) is 3.73. The monoisotopic (exact) mass is 329 g/mol. The lowest BCUT2D eigenvalue weighted by atomic mass is 10.1. The van der Waals surface area contributed by atoms with Crippen molar-refractivity contribution in [1.29, 1.82) is 0 Å². The Balaban J connectivity index is 2.80. The van der Waals surface area contributed by atoms with Gasteiger partial charge in [0.15, 0.2) is 0 Å². The SMILES string of the molecule is O=C(O)c1ccccc1CS(=O)(=O)NCC(F)C(F)(F)F. The zero-order valence-corrected chi connectivity index (χ0v) is 11.2. The van der Waals surface area contributed by atoms with Gasteiger partial charge in [-0.3, -0.25) is 0 Å². The van der Waals surface area contributed by atoms with Crippen LogP contribution in [0.5, 0.6) is 0 Å². The number of benzene rings is 1. The second kappa shape index (κ2) is 6.39. The second-order valence-corrected chi connectivity index (χ2v) is 5.89. The van der Waals surface area contributed by atoms with E-state index in [0.29, 0.717) is 0 Å². The molecule has 118 valence electrons. The fourth-order valence-corrected chi connectivity index (χ4v) is 2.59. The number of hydrogen-bond acceptors (Lipinski definition) is 3. The van der Waals surface area contributed by atoms with Crippen molar-refractivity contribution in [3.63, 3.8) is 0 Å². The minimum absolute atomic E-state index is 0.111. The van der Waals surface area contributed by atoms with Crippen molar-refractivity contribution in [2.75, 3.05) is 6.54 Å². The van der Waals surface area contributed by atoms with E-state index in [9.17, 15) is 30.8 Å². The van der Waals surface area contributed by atoms with Gasteiger partial charge in [-0.1, -0.05) is 18.2 Å². The molecule has 10 heteroatoms. The Kier molecular flexibility index (Phi) is 5.29. The van der Waals surface area contributed by atoms with Crippen LogP contribution in [0.25, 0.3) is 0 Å². The summed E-state index contributed by atoms with van der Waals surface area (Å²) in [4.78, 5) is 10.9. The highest BCUT2D eigenvalue weighted by Crippen LogP contribution is 2.22. The highest BCUT2D eigenvalue weighted by Gasteiger charge is 2.40. The molecule has 0 fully saturated rings. The molecular formula is C11H11F4NO4S. The van der Waals surface area contributed by atoms with Gasteiger partial charge in [-0.2, -0.15) is 13.2 Å². The molecule has 0 saturated carbocycles. The summed E-state index contributed by atoms with van der Waals surface area (Å²) in [7, 11) is -4.30. The van der Waals surface area contributed by atoms with Crippen molar-refractivity contribution < 1.29 is 35.9 Å². The van der Waals surface area contributed by atoms with Crippen LogP contribution in [0.2, 0.25) is 0 Å². The first-order valence-electron chi connectivity index (χ1n) is 5.52. The fraction of sp³-hybridized carbons (Fsp3) is 0.364. The van der Waals surface area contributed by atoms with Crippen LogP contribution >= 0.6 is 0 Å².